The van der Waals surface area contributed by atoms with Gasteiger partial charge in [0.1, 0.15) is 5.52 Å². The fourth-order valence-electron chi connectivity index (χ4n) is 2.99. The van der Waals surface area contributed by atoms with Crippen molar-refractivity contribution in [2.24, 2.45) is 0 Å². The van der Waals surface area contributed by atoms with E-state index in [0.717, 1.165) is 25.0 Å². The first kappa shape index (κ1) is 17.6. The van der Waals surface area contributed by atoms with E-state index in [-0.39, 0.29) is 12.5 Å². The van der Waals surface area contributed by atoms with Gasteiger partial charge in [0, 0.05) is 25.1 Å². The molecule has 0 aliphatic heterocycles. The standard InChI is InChI=1S/C20H17F3N2O2/c1-25(11-12-3-2-4-15(9-12)20(21,22)23)19(26)14-7-8-16-17(10-14)27-18(24-16)13-5-6-13/h2-4,7-10,13H,5-6,11H2,1H3. The Labute approximate surface area is 153 Å². The van der Waals surface area contributed by atoms with Crippen molar-refractivity contribution in [1.82, 2.24) is 9.88 Å². The average Bonchev–Trinajstić information content (AvgIpc) is 3.39. The minimum atomic E-state index is -4.41. The SMILES string of the molecule is CN(Cc1cccc(C(F)(F)F)c1)C(=O)c1ccc2nc(C3CC3)oc2c1. The van der Waals surface area contributed by atoms with E-state index in [2.05, 4.69) is 4.98 Å². The van der Waals surface area contributed by atoms with Crippen LogP contribution in [-0.2, 0) is 12.7 Å². The molecule has 0 unspecified atom stereocenters. The van der Waals surface area contributed by atoms with Crippen LogP contribution in [0.25, 0.3) is 11.1 Å². The highest BCUT2D eigenvalue weighted by atomic mass is 19.4. The van der Waals surface area contributed by atoms with Crippen LogP contribution in [0.15, 0.2) is 46.9 Å². The molecule has 140 valence electrons. The van der Waals surface area contributed by atoms with E-state index in [4.69, 9.17) is 4.42 Å². The molecular weight excluding hydrogens is 357 g/mol. The van der Waals surface area contributed by atoms with E-state index >= 15 is 0 Å². The van der Waals surface area contributed by atoms with Crippen molar-refractivity contribution in [3.63, 3.8) is 0 Å². The third-order valence-electron chi connectivity index (χ3n) is 4.60. The summed E-state index contributed by atoms with van der Waals surface area (Å²) in [4.78, 5) is 18.5. The predicted molar refractivity (Wildman–Crippen MR) is 93.2 cm³/mol. The second-order valence-electron chi connectivity index (χ2n) is 6.87. The Morgan fingerprint density at radius 3 is 2.70 bits per heavy atom. The zero-order chi connectivity index (χ0) is 19.2. The number of halogens is 3. The number of hydrogen-bond donors (Lipinski definition) is 0. The molecule has 4 nitrogen and oxygen atoms in total. The number of carbonyl (C=O) groups excluding carboxylic acids is 1. The lowest BCUT2D eigenvalue weighted by Crippen LogP contribution is -2.26. The van der Waals surface area contributed by atoms with Crippen molar-refractivity contribution in [1.29, 1.82) is 0 Å². The molecule has 3 aromatic rings. The first-order chi connectivity index (χ1) is 12.8. The molecule has 0 spiro atoms. The van der Waals surface area contributed by atoms with Gasteiger partial charge in [-0.15, -0.1) is 0 Å². The Balaban J connectivity index is 1.52. The molecular formula is C20H17F3N2O2. The van der Waals surface area contributed by atoms with Crippen LogP contribution in [-0.4, -0.2) is 22.8 Å². The summed E-state index contributed by atoms with van der Waals surface area (Å²) >= 11 is 0. The van der Waals surface area contributed by atoms with E-state index < -0.39 is 11.7 Å². The van der Waals surface area contributed by atoms with Gasteiger partial charge in [-0.25, -0.2) is 4.98 Å². The highest BCUT2D eigenvalue weighted by molar-refractivity contribution is 5.96. The zero-order valence-electron chi connectivity index (χ0n) is 14.6. The molecule has 0 N–H and O–H groups in total. The first-order valence-corrected chi connectivity index (χ1v) is 8.63. The topological polar surface area (TPSA) is 46.3 Å². The first-order valence-electron chi connectivity index (χ1n) is 8.63. The maximum Gasteiger partial charge on any atom is 0.416 e. The lowest BCUT2D eigenvalue weighted by molar-refractivity contribution is -0.137. The third kappa shape index (κ3) is 3.67. The Bertz CT molecular complexity index is 1010. The van der Waals surface area contributed by atoms with Crippen molar-refractivity contribution < 1.29 is 22.4 Å². The molecule has 1 saturated carbocycles. The second kappa shape index (κ2) is 6.40. The highest BCUT2D eigenvalue weighted by Crippen LogP contribution is 2.40. The van der Waals surface area contributed by atoms with E-state index in [9.17, 15) is 18.0 Å². The van der Waals surface area contributed by atoms with Crippen LogP contribution in [0, 0.1) is 0 Å². The smallest absolute Gasteiger partial charge is 0.416 e. The summed E-state index contributed by atoms with van der Waals surface area (Å²) in [6.45, 7) is 0.0739. The van der Waals surface area contributed by atoms with Crippen LogP contribution >= 0.6 is 0 Å². The monoisotopic (exact) mass is 374 g/mol. The molecule has 1 amide bonds. The average molecular weight is 374 g/mol. The number of hydrogen-bond acceptors (Lipinski definition) is 3. The molecule has 1 heterocycles. The Morgan fingerprint density at radius 2 is 2.00 bits per heavy atom. The van der Waals surface area contributed by atoms with Gasteiger partial charge in [-0.1, -0.05) is 12.1 Å². The quantitative estimate of drug-likeness (QED) is 0.646. The molecule has 1 aromatic heterocycles. The highest BCUT2D eigenvalue weighted by Gasteiger charge is 2.31. The van der Waals surface area contributed by atoms with E-state index in [1.807, 2.05) is 0 Å². The van der Waals surface area contributed by atoms with Crippen LogP contribution in [0.3, 0.4) is 0 Å². The molecule has 1 aliphatic rings. The largest absolute Gasteiger partial charge is 0.440 e. The summed E-state index contributed by atoms with van der Waals surface area (Å²) in [6, 6.07) is 10.0. The van der Waals surface area contributed by atoms with Gasteiger partial charge in [-0.05, 0) is 48.7 Å². The van der Waals surface area contributed by atoms with E-state index in [1.165, 1.54) is 11.0 Å². The van der Waals surface area contributed by atoms with Gasteiger partial charge in [-0.3, -0.25) is 4.79 Å². The Kier molecular flexibility index (Phi) is 4.17. The minimum absolute atomic E-state index is 0.0739. The zero-order valence-corrected chi connectivity index (χ0v) is 14.6. The number of carbonyl (C=O) groups is 1. The summed E-state index contributed by atoms with van der Waals surface area (Å²) in [6.07, 6.45) is -2.27. The van der Waals surface area contributed by atoms with Gasteiger partial charge in [0.25, 0.3) is 5.91 Å². The van der Waals surface area contributed by atoms with Crippen molar-refractivity contribution in [2.75, 3.05) is 7.05 Å². The number of aromatic nitrogens is 1. The van der Waals surface area contributed by atoms with Gasteiger partial charge in [-0.2, -0.15) is 13.2 Å². The lowest BCUT2D eigenvalue weighted by atomic mass is 10.1. The maximum atomic E-state index is 12.8. The van der Waals surface area contributed by atoms with Crippen molar-refractivity contribution in [3.05, 3.63) is 65.0 Å². The van der Waals surface area contributed by atoms with Crippen LogP contribution < -0.4 is 0 Å². The van der Waals surface area contributed by atoms with Gasteiger partial charge in [0.2, 0.25) is 0 Å². The van der Waals surface area contributed by atoms with Gasteiger partial charge < -0.3 is 9.32 Å². The van der Waals surface area contributed by atoms with Crippen molar-refractivity contribution in [3.8, 4) is 0 Å². The summed E-state index contributed by atoms with van der Waals surface area (Å²) in [5.74, 6) is 0.783. The van der Waals surface area contributed by atoms with E-state index in [1.54, 1.807) is 31.3 Å². The molecule has 0 bridgehead atoms. The summed E-state index contributed by atoms with van der Waals surface area (Å²) in [5.41, 5.74) is 1.36. The summed E-state index contributed by atoms with van der Waals surface area (Å²) in [5, 5.41) is 0. The second-order valence-corrected chi connectivity index (χ2v) is 6.87. The van der Waals surface area contributed by atoms with Crippen LogP contribution in [0.1, 0.15) is 46.1 Å². The molecule has 0 radical (unpaired) electrons. The molecule has 4 rings (SSSR count). The number of alkyl halides is 3. The number of nitrogens with zero attached hydrogens (tertiary/aromatic N) is 2. The number of fused-ring (bicyclic) bond motifs is 1. The number of oxazole rings is 1. The van der Waals surface area contributed by atoms with Crippen molar-refractivity contribution >= 4 is 17.0 Å². The predicted octanol–water partition coefficient (Wildman–Crippen LogP) is 5.00. The molecule has 1 fully saturated rings. The summed E-state index contributed by atoms with van der Waals surface area (Å²) < 4.78 is 44.3. The summed E-state index contributed by atoms with van der Waals surface area (Å²) in [7, 11) is 1.56. The number of amides is 1. The van der Waals surface area contributed by atoms with Crippen molar-refractivity contribution in [2.45, 2.75) is 31.5 Å². The molecule has 2 aromatic carbocycles. The number of benzene rings is 2. The number of rotatable bonds is 4. The minimum Gasteiger partial charge on any atom is -0.440 e. The fourth-order valence-corrected chi connectivity index (χ4v) is 2.99. The van der Waals surface area contributed by atoms with Crippen LogP contribution in [0.2, 0.25) is 0 Å². The normalized spacial score (nSPS) is 14.5. The Hall–Kier alpha value is -2.83. The van der Waals surface area contributed by atoms with Crippen LogP contribution in [0.5, 0.6) is 0 Å². The Morgan fingerprint density at radius 1 is 1.22 bits per heavy atom. The molecule has 0 saturated heterocycles. The molecule has 7 heteroatoms. The van der Waals surface area contributed by atoms with Gasteiger partial charge in [0.15, 0.2) is 11.5 Å². The molecule has 27 heavy (non-hydrogen) atoms. The van der Waals surface area contributed by atoms with E-state index in [0.29, 0.717) is 34.0 Å². The molecule has 1 aliphatic carbocycles. The lowest BCUT2D eigenvalue weighted by Gasteiger charge is -2.18. The van der Waals surface area contributed by atoms with Crippen LogP contribution in [0.4, 0.5) is 13.2 Å². The van der Waals surface area contributed by atoms with Gasteiger partial charge in [0.05, 0.1) is 5.56 Å². The fraction of sp³-hybridized carbons (Fsp3) is 0.300. The molecule has 0 atom stereocenters. The maximum absolute atomic E-state index is 12.8. The third-order valence-corrected chi connectivity index (χ3v) is 4.60. The van der Waals surface area contributed by atoms with Gasteiger partial charge >= 0.3 is 6.18 Å².